The van der Waals surface area contributed by atoms with Crippen LogP contribution in [0, 0.1) is 5.41 Å². The summed E-state index contributed by atoms with van der Waals surface area (Å²) < 4.78 is 0. The molecule has 1 aromatic rings. The third-order valence-corrected chi connectivity index (χ3v) is 2.47. The highest BCUT2D eigenvalue weighted by Gasteiger charge is 2.18. The Hall–Kier alpha value is -1.69. The number of carbonyl (C=O) groups excluding carboxylic acids is 1. The zero-order valence-corrected chi connectivity index (χ0v) is 11.1. The van der Waals surface area contributed by atoms with Gasteiger partial charge in [-0.25, -0.2) is 9.97 Å². The molecule has 0 fully saturated rings. The monoisotopic (exact) mass is 252 g/mol. The molecular weight excluding hydrogens is 232 g/mol. The Kier molecular flexibility index (Phi) is 5.03. The van der Waals surface area contributed by atoms with Crippen molar-refractivity contribution in [3.8, 4) is 0 Å². The predicted molar refractivity (Wildman–Crippen MR) is 69.2 cm³/mol. The topological polar surface area (TPSA) is 78.4 Å². The van der Waals surface area contributed by atoms with Gasteiger partial charge in [0.2, 0.25) is 11.9 Å². The molecule has 0 aromatic carbocycles. The molecule has 1 amide bonds. The second kappa shape index (κ2) is 6.30. The average Bonchev–Trinajstić information content (AvgIpc) is 2.37. The summed E-state index contributed by atoms with van der Waals surface area (Å²) in [6.07, 6.45) is 3.26. The fraction of sp³-hybridized carbons (Fsp3) is 0.583. The van der Waals surface area contributed by atoms with Crippen LogP contribution < -0.4 is 10.2 Å². The van der Waals surface area contributed by atoms with Crippen LogP contribution in [-0.4, -0.2) is 47.7 Å². The number of aliphatic hydroxyl groups is 1. The molecule has 6 heteroatoms. The number of likely N-dealkylation sites (N-methyl/N-ethyl adjacent to an activating group) is 1. The van der Waals surface area contributed by atoms with Crippen molar-refractivity contribution in [1.82, 2.24) is 15.3 Å². The third kappa shape index (κ3) is 4.67. The van der Waals surface area contributed by atoms with E-state index < -0.39 is 0 Å². The highest BCUT2D eigenvalue weighted by atomic mass is 16.3. The Morgan fingerprint density at radius 3 is 2.61 bits per heavy atom. The normalized spacial score (nSPS) is 11.1. The van der Waals surface area contributed by atoms with E-state index >= 15 is 0 Å². The predicted octanol–water partition coefficient (Wildman–Crippen LogP) is 0.0475. The average molecular weight is 252 g/mol. The molecule has 6 nitrogen and oxygen atoms in total. The molecule has 0 aliphatic rings. The second-order valence-corrected chi connectivity index (χ2v) is 5.00. The molecule has 2 N–H and O–H groups in total. The van der Waals surface area contributed by atoms with Crippen LogP contribution in [0.4, 0.5) is 5.95 Å². The number of amides is 1. The number of carbonyl (C=O) groups is 1. The maximum Gasteiger partial charge on any atom is 0.239 e. The minimum atomic E-state index is -0.308. The van der Waals surface area contributed by atoms with Gasteiger partial charge in [0.1, 0.15) is 0 Å². The summed E-state index contributed by atoms with van der Waals surface area (Å²) in [5, 5.41) is 11.9. The standard InChI is InChI=1S/C12H20N4O2/c1-12(2,9-17)8-15-10(18)7-16(3)11-13-5-4-6-14-11/h4-6,17H,7-9H2,1-3H3,(H,15,18). The highest BCUT2D eigenvalue weighted by molar-refractivity contribution is 5.80. The molecule has 0 atom stereocenters. The van der Waals surface area contributed by atoms with Gasteiger partial charge < -0.3 is 15.3 Å². The lowest BCUT2D eigenvalue weighted by molar-refractivity contribution is -0.120. The van der Waals surface area contributed by atoms with E-state index in [1.807, 2.05) is 13.8 Å². The van der Waals surface area contributed by atoms with E-state index in [1.165, 1.54) is 0 Å². The molecule has 1 aromatic heterocycles. The number of nitrogens with zero attached hydrogens (tertiary/aromatic N) is 3. The lowest BCUT2D eigenvalue weighted by atomic mass is 9.95. The number of rotatable bonds is 6. The quantitative estimate of drug-likeness (QED) is 0.748. The van der Waals surface area contributed by atoms with Gasteiger partial charge in [0.05, 0.1) is 6.54 Å². The summed E-state index contributed by atoms with van der Waals surface area (Å²) in [5.74, 6) is 0.389. The van der Waals surface area contributed by atoms with Crippen LogP contribution in [0.25, 0.3) is 0 Å². The zero-order chi connectivity index (χ0) is 13.6. The van der Waals surface area contributed by atoms with Crippen molar-refractivity contribution < 1.29 is 9.90 Å². The number of aliphatic hydroxyl groups excluding tert-OH is 1. The van der Waals surface area contributed by atoms with Crippen LogP contribution in [-0.2, 0) is 4.79 Å². The first-order valence-electron chi connectivity index (χ1n) is 5.80. The van der Waals surface area contributed by atoms with E-state index in [-0.39, 0.29) is 24.5 Å². The number of nitrogens with one attached hydrogen (secondary N) is 1. The Labute approximate surface area is 107 Å². The van der Waals surface area contributed by atoms with Gasteiger partial charge in [-0.05, 0) is 6.07 Å². The van der Waals surface area contributed by atoms with Crippen molar-refractivity contribution in [3.05, 3.63) is 18.5 Å². The zero-order valence-electron chi connectivity index (χ0n) is 11.1. The van der Waals surface area contributed by atoms with Crippen molar-refractivity contribution in [2.24, 2.45) is 5.41 Å². The van der Waals surface area contributed by atoms with Crippen molar-refractivity contribution in [2.75, 3.05) is 31.6 Å². The minimum absolute atomic E-state index is 0.0327. The van der Waals surface area contributed by atoms with Crippen LogP contribution in [0.1, 0.15) is 13.8 Å². The third-order valence-electron chi connectivity index (χ3n) is 2.47. The Balaban J connectivity index is 2.41. The largest absolute Gasteiger partial charge is 0.396 e. The van der Waals surface area contributed by atoms with Crippen LogP contribution in [0.2, 0.25) is 0 Å². The number of aromatic nitrogens is 2. The van der Waals surface area contributed by atoms with E-state index in [4.69, 9.17) is 5.11 Å². The molecule has 0 aliphatic carbocycles. The van der Waals surface area contributed by atoms with Crippen molar-refractivity contribution >= 4 is 11.9 Å². The summed E-state index contributed by atoms with van der Waals surface area (Å²) >= 11 is 0. The molecule has 1 rings (SSSR count). The van der Waals surface area contributed by atoms with Gasteiger partial charge >= 0.3 is 0 Å². The Morgan fingerprint density at radius 2 is 2.06 bits per heavy atom. The number of anilines is 1. The van der Waals surface area contributed by atoms with Gasteiger partial charge in [-0.15, -0.1) is 0 Å². The fourth-order valence-corrected chi connectivity index (χ4v) is 1.22. The first-order valence-corrected chi connectivity index (χ1v) is 5.80. The molecular formula is C12H20N4O2. The SMILES string of the molecule is CN(CC(=O)NCC(C)(C)CO)c1ncccn1. The Morgan fingerprint density at radius 1 is 1.44 bits per heavy atom. The van der Waals surface area contributed by atoms with Gasteiger partial charge in [-0.2, -0.15) is 0 Å². The summed E-state index contributed by atoms with van der Waals surface area (Å²) in [6.45, 7) is 4.43. The maximum absolute atomic E-state index is 11.7. The number of hydrogen-bond acceptors (Lipinski definition) is 5. The summed E-state index contributed by atoms with van der Waals surface area (Å²) in [4.78, 5) is 21.5. The molecule has 0 radical (unpaired) electrons. The van der Waals surface area contributed by atoms with E-state index in [9.17, 15) is 4.79 Å². The van der Waals surface area contributed by atoms with Gasteiger partial charge in [0.15, 0.2) is 0 Å². The van der Waals surface area contributed by atoms with Gasteiger partial charge in [-0.1, -0.05) is 13.8 Å². The lowest BCUT2D eigenvalue weighted by Crippen LogP contribution is -2.41. The molecule has 0 unspecified atom stereocenters. The van der Waals surface area contributed by atoms with Gasteiger partial charge in [0, 0.05) is 38.0 Å². The maximum atomic E-state index is 11.7. The molecule has 0 saturated heterocycles. The summed E-state index contributed by atoms with van der Waals surface area (Å²) in [5.41, 5.74) is -0.308. The van der Waals surface area contributed by atoms with Crippen molar-refractivity contribution in [2.45, 2.75) is 13.8 Å². The minimum Gasteiger partial charge on any atom is -0.396 e. The van der Waals surface area contributed by atoms with Crippen LogP contribution in [0.15, 0.2) is 18.5 Å². The molecule has 0 bridgehead atoms. The van der Waals surface area contributed by atoms with Crippen LogP contribution in [0.3, 0.4) is 0 Å². The van der Waals surface area contributed by atoms with Crippen LogP contribution >= 0.6 is 0 Å². The Bertz CT molecular complexity index is 381. The number of hydrogen-bond donors (Lipinski definition) is 2. The fourth-order valence-electron chi connectivity index (χ4n) is 1.22. The summed E-state index contributed by atoms with van der Waals surface area (Å²) in [7, 11) is 1.76. The molecule has 0 spiro atoms. The lowest BCUT2D eigenvalue weighted by Gasteiger charge is -2.23. The highest BCUT2D eigenvalue weighted by Crippen LogP contribution is 2.11. The van der Waals surface area contributed by atoms with Gasteiger partial charge in [0.25, 0.3) is 0 Å². The summed E-state index contributed by atoms with van der Waals surface area (Å²) in [6, 6.07) is 1.72. The second-order valence-electron chi connectivity index (χ2n) is 5.00. The van der Waals surface area contributed by atoms with E-state index in [1.54, 1.807) is 30.4 Å². The molecule has 18 heavy (non-hydrogen) atoms. The van der Waals surface area contributed by atoms with E-state index in [0.717, 1.165) is 0 Å². The van der Waals surface area contributed by atoms with Crippen molar-refractivity contribution in [3.63, 3.8) is 0 Å². The molecule has 0 aliphatic heterocycles. The van der Waals surface area contributed by atoms with E-state index in [2.05, 4.69) is 15.3 Å². The smallest absolute Gasteiger partial charge is 0.239 e. The van der Waals surface area contributed by atoms with Gasteiger partial charge in [-0.3, -0.25) is 4.79 Å². The van der Waals surface area contributed by atoms with Crippen molar-refractivity contribution in [1.29, 1.82) is 0 Å². The van der Waals surface area contributed by atoms with E-state index in [0.29, 0.717) is 12.5 Å². The first kappa shape index (κ1) is 14.4. The molecule has 0 saturated carbocycles. The van der Waals surface area contributed by atoms with Crippen LogP contribution in [0.5, 0.6) is 0 Å². The molecule has 100 valence electrons. The first-order chi connectivity index (χ1) is 8.44. The molecule has 1 heterocycles.